The minimum absolute atomic E-state index is 0.128. The van der Waals surface area contributed by atoms with Crippen molar-refractivity contribution < 1.29 is 47.9 Å². The molecule has 10 nitrogen and oxygen atoms in total. The van der Waals surface area contributed by atoms with Crippen LogP contribution >= 0.6 is 11.8 Å². The smallest absolute Gasteiger partial charge is 0.416 e. The van der Waals surface area contributed by atoms with E-state index in [0.717, 1.165) is 60.7 Å². The summed E-state index contributed by atoms with van der Waals surface area (Å²) < 4.78 is 51.1. The van der Waals surface area contributed by atoms with E-state index in [0.29, 0.717) is 18.8 Å². The van der Waals surface area contributed by atoms with E-state index in [-0.39, 0.29) is 6.61 Å². The van der Waals surface area contributed by atoms with Gasteiger partial charge in [0.1, 0.15) is 18.3 Å². The van der Waals surface area contributed by atoms with E-state index in [2.05, 4.69) is 9.80 Å². The van der Waals surface area contributed by atoms with Gasteiger partial charge in [-0.3, -0.25) is 4.90 Å². The van der Waals surface area contributed by atoms with Gasteiger partial charge < -0.3 is 39.7 Å². The van der Waals surface area contributed by atoms with Crippen molar-refractivity contribution in [2.75, 3.05) is 57.3 Å². The molecule has 0 spiro atoms. The average molecular weight is 614 g/mol. The number of benzene rings is 2. The highest BCUT2D eigenvalue weighted by atomic mass is 32.2. The summed E-state index contributed by atoms with van der Waals surface area (Å²) in [5.74, 6) is -1.46. The monoisotopic (exact) mass is 613 g/mol. The van der Waals surface area contributed by atoms with Gasteiger partial charge in [0.15, 0.2) is 12.4 Å². The number of piperazine rings is 1. The molecule has 0 radical (unpaired) electrons. The number of anilines is 2. The fraction of sp³-hybridized carbons (Fsp3) is 0.536. The lowest BCUT2D eigenvalue weighted by molar-refractivity contribution is -0.294. The molecule has 3 aliphatic rings. The lowest BCUT2D eigenvalue weighted by atomic mass is 9.99. The summed E-state index contributed by atoms with van der Waals surface area (Å²) in [6, 6.07) is 11.7. The summed E-state index contributed by atoms with van der Waals surface area (Å²) in [7, 11) is 0. The predicted octanol–water partition coefficient (Wildman–Crippen LogP) is 2.22. The van der Waals surface area contributed by atoms with Gasteiger partial charge in [-0.15, -0.1) is 0 Å². The van der Waals surface area contributed by atoms with Gasteiger partial charge in [-0.25, -0.2) is 4.79 Å². The number of aliphatic carboxylic acids is 1. The van der Waals surface area contributed by atoms with Gasteiger partial charge in [-0.2, -0.15) is 13.2 Å². The number of aliphatic hydroxyl groups is 3. The van der Waals surface area contributed by atoms with Crippen molar-refractivity contribution in [1.29, 1.82) is 0 Å². The Morgan fingerprint density at radius 2 is 1.57 bits per heavy atom. The second-order valence-corrected chi connectivity index (χ2v) is 11.6. The van der Waals surface area contributed by atoms with Gasteiger partial charge in [-0.05, 0) is 43.3 Å². The number of para-hydroxylation sites is 1. The normalized spacial score (nSPS) is 27.0. The van der Waals surface area contributed by atoms with E-state index in [4.69, 9.17) is 14.6 Å². The molecule has 2 fully saturated rings. The van der Waals surface area contributed by atoms with Crippen LogP contribution in [0.3, 0.4) is 0 Å². The molecule has 14 heteroatoms. The number of alkyl halides is 3. The van der Waals surface area contributed by atoms with E-state index in [1.54, 1.807) is 6.07 Å². The third-order valence-corrected chi connectivity index (χ3v) is 8.91. The molecule has 0 unspecified atom stereocenters. The van der Waals surface area contributed by atoms with Crippen LogP contribution in [-0.2, 0) is 20.4 Å². The predicted molar refractivity (Wildman–Crippen MR) is 147 cm³/mol. The maximum atomic E-state index is 13.5. The number of ether oxygens (including phenoxy) is 2. The first-order valence-corrected chi connectivity index (χ1v) is 14.6. The molecule has 2 saturated heterocycles. The second kappa shape index (κ2) is 13.1. The molecule has 5 atom stereocenters. The molecule has 0 saturated carbocycles. The quantitative estimate of drug-likeness (QED) is 0.333. The molecule has 42 heavy (non-hydrogen) atoms. The summed E-state index contributed by atoms with van der Waals surface area (Å²) in [5, 5.41) is 38.9. The van der Waals surface area contributed by atoms with Crippen molar-refractivity contribution in [1.82, 2.24) is 9.80 Å². The van der Waals surface area contributed by atoms with Gasteiger partial charge in [0.2, 0.25) is 0 Å². The van der Waals surface area contributed by atoms with E-state index >= 15 is 0 Å². The number of hydrogen-bond donors (Lipinski definition) is 4. The number of halogens is 3. The first-order chi connectivity index (χ1) is 20.0. The number of nitrogens with zero attached hydrogens (tertiary/aromatic N) is 3. The van der Waals surface area contributed by atoms with Crippen LogP contribution in [0.15, 0.2) is 52.3 Å². The van der Waals surface area contributed by atoms with E-state index in [1.165, 1.54) is 17.8 Å². The molecule has 230 valence electrons. The summed E-state index contributed by atoms with van der Waals surface area (Å²) >= 11 is 1.48. The largest absolute Gasteiger partial charge is 0.479 e. The van der Waals surface area contributed by atoms with E-state index in [9.17, 15) is 33.3 Å². The lowest BCUT2D eigenvalue weighted by Gasteiger charge is -2.39. The topological polar surface area (TPSA) is 126 Å². The molecule has 0 bridgehead atoms. The van der Waals surface area contributed by atoms with Crippen LogP contribution < -0.4 is 4.90 Å². The van der Waals surface area contributed by atoms with Crippen molar-refractivity contribution >= 4 is 29.1 Å². The third-order valence-electron chi connectivity index (χ3n) is 7.78. The number of hydrogen-bond acceptors (Lipinski definition) is 10. The number of aliphatic hydroxyl groups excluding tert-OH is 3. The fourth-order valence-corrected chi connectivity index (χ4v) is 6.50. The summed E-state index contributed by atoms with van der Waals surface area (Å²) in [5.41, 5.74) is 0.816. The van der Waals surface area contributed by atoms with E-state index in [1.807, 2.05) is 29.2 Å². The van der Waals surface area contributed by atoms with Crippen molar-refractivity contribution in [3.8, 4) is 0 Å². The molecular formula is C28H34F3N3O7S. The van der Waals surface area contributed by atoms with Crippen molar-refractivity contribution in [3.05, 3.63) is 48.0 Å². The van der Waals surface area contributed by atoms with Gasteiger partial charge in [0.05, 0.1) is 23.5 Å². The molecule has 3 aliphatic heterocycles. The van der Waals surface area contributed by atoms with Gasteiger partial charge >= 0.3 is 12.1 Å². The van der Waals surface area contributed by atoms with Crippen molar-refractivity contribution in [2.24, 2.45) is 0 Å². The Kier molecular flexibility index (Phi) is 9.64. The molecule has 2 aromatic carbocycles. The van der Waals surface area contributed by atoms with Crippen LogP contribution in [0.2, 0.25) is 0 Å². The number of rotatable bonds is 9. The van der Waals surface area contributed by atoms with Crippen molar-refractivity contribution in [3.63, 3.8) is 0 Å². The fourth-order valence-electron chi connectivity index (χ4n) is 5.42. The number of carboxylic acids is 1. The standard InChI is InChI=1S/C28H34F3N3O7S/c29-28(30,31)17-6-7-21-19(16-17)34(18-4-1-2-5-20(18)42-21)9-3-8-32-10-12-33(13-11-32)14-15-40-27-24(37)22(35)23(36)25(41-27)26(38)39/h1-2,4-7,16,22-25,27,35-37H,3,8-15H2,(H,38,39)/t22-,23-,24+,25-,27-/m1/s1. The number of carbonyl (C=O) groups is 1. The Morgan fingerprint density at radius 3 is 2.26 bits per heavy atom. The van der Waals surface area contributed by atoms with E-state index < -0.39 is 48.4 Å². The van der Waals surface area contributed by atoms with Gasteiger partial charge in [-0.1, -0.05) is 23.9 Å². The second-order valence-electron chi connectivity index (χ2n) is 10.5. The minimum Gasteiger partial charge on any atom is -0.479 e. The molecule has 4 N–H and O–H groups in total. The lowest BCUT2D eigenvalue weighted by Crippen LogP contribution is -2.60. The van der Waals surface area contributed by atoms with Gasteiger partial charge in [0, 0.05) is 49.1 Å². The SMILES string of the molecule is O=C(O)[C@@H]1O[C@@H](OCCN2CCN(CCCN3c4ccccc4Sc4ccc(C(F)(F)F)cc43)CC2)[C@@H](O)[C@H](O)[C@H]1O. The van der Waals surface area contributed by atoms with Crippen LogP contribution in [0.4, 0.5) is 24.5 Å². The Morgan fingerprint density at radius 1 is 0.905 bits per heavy atom. The van der Waals surface area contributed by atoms with Crippen LogP contribution in [0.5, 0.6) is 0 Å². The molecule has 5 rings (SSSR count). The summed E-state index contributed by atoms with van der Waals surface area (Å²) in [6.07, 6.45) is -11.8. The Hall–Kier alpha value is -2.43. The highest BCUT2D eigenvalue weighted by Gasteiger charge is 2.47. The van der Waals surface area contributed by atoms with Crippen molar-refractivity contribution in [2.45, 2.75) is 53.1 Å². The molecule has 2 aromatic rings. The number of fused-ring (bicyclic) bond motifs is 2. The van der Waals surface area contributed by atoms with Crippen LogP contribution in [0.1, 0.15) is 12.0 Å². The summed E-state index contributed by atoms with van der Waals surface area (Å²) in [4.78, 5) is 19.5. The molecule has 0 aromatic heterocycles. The van der Waals surface area contributed by atoms with Crippen LogP contribution in [0, 0.1) is 0 Å². The maximum Gasteiger partial charge on any atom is 0.416 e. The maximum absolute atomic E-state index is 13.5. The molecule has 0 aliphatic carbocycles. The van der Waals surface area contributed by atoms with Gasteiger partial charge in [0.25, 0.3) is 0 Å². The first kappa shape index (κ1) is 31.0. The zero-order valence-corrected chi connectivity index (χ0v) is 23.5. The highest BCUT2D eigenvalue weighted by molar-refractivity contribution is 7.99. The zero-order valence-electron chi connectivity index (χ0n) is 22.7. The third kappa shape index (κ3) is 6.86. The highest BCUT2D eigenvalue weighted by Crippen LogP contribution is 2.49. The van der Waals surface area contributed by atoms with Crippen LogP contribution in [0.25, 0.3) is 0 Å². The molecule has 0 amide bonds. The number of carboxylic acid groups (broad SMARTS) is 1. The Balaban J connectivity index is 1.09. The average Bonchev–Trinajstić information content (AvgIpc) is 2.96. The molecule has 3 heterocycles. The first-order valence-electron chi connectivity index (χ1n) is 13.8. The Labute approximate surface area is 245 Å². The zero-order chi connectivity index (χ0) is 30.0. The summed E-state index contributed by atoms with van der Waals surface area (Å²) in [6.45, 7) is 5.05. The van der Waals surface area contributed by atoms with Crippen LogP contribution in [-0.4, -0.2) is 119 Å². The molecular weight excluding hydrogens is 579 g/mol. The minimum atomic E-state index is -4.42. The Bertz CT molecular complexity index is 1250.